The van der Waals surface area contributed by atoms with E-state index >= 15 is 0 Å². The molecule has 0 aliphatic heterocycles. The first-order valence-corrected chi connectivity index (χ1v) is 6.11. The summed E-state index contributed by atoms with van der Waals surface area (Å²) in [7, 11) is 3.51. The predicted octanol–water partition coefficient (Wildman–Crippen LogP) is 0.830. The van der Waals surface area contributed by atoms with Gasteiger partial charge >= 0.3 is 0 Å². The van der Waals surface area contributed by atoms with Crippen LogP contribution in [0.3, 0.4) is 0 Å². The number of carbonyl (C=O) groups excluding carboxylic acids is 1. The van der Waals surface area contributed by atoms with Gasteiger partial charge < -0.3 is 15.4 Å². The lowest BCUT2D eigenvalue weighted by molar-refractivity contribution is -0.128. The van der Waals surface area contributed by atoms with Gasteiger partial charge in [0, 0.05) is 32.6 Å². The highest BCUT2D eigenvalue weighted by Gasteiger charge is 2.03. The number of aromatic nitrogens is 1. The van der Waals surface area contributed by atoms with Crippen LogP contribution in [0.4, 0.5) is 0 Å². The van der Waals surface area contributed by atoms with Crippen LogP contribution in [0.5, 0.6) is 5.75 Å². The molecule has 0 bridgehead atoms. The number of hydrogen-bond donors (Lipinski definition) is 1. The third-order valence-corrected chi connectivity index (χ3v) is 2.50. The molecule has 1 aromatic rings. The summed E-state index contributed by atoms with van der Waals surface area (Å²) in [6, 6.07) is 3.79. The molecule has 5 nitrogen and oxygen atoms in total. The normalized spacial score (nSPS) is 10.2. The van der Waals surface area contributed by atoms with Crippen molar-refractivity contribution in [2.45, 2.75) is 19.3 Å². The number of rotatable bonds is 7. The topological polar surface area (TPSA) is 68.5 Å². The Morgan fingerprint density at radius 2 is 2.22 bits per heavy atom. The van der Waals surface area contributed by atoms with Gasteiger partial charge in [0.2, 0.25) is 5.91 Å². The summed E-state index contributed by atoms with van der Waals surface area (Å²) in [5, 5.41) is 0. The average molecular weight is 251 g/mol. The fourth-order valence-electron chi connectivity index (χ4n) is 1.43. The maximum absolute atomic E-state index is 11.3. The second kappa shape index (κ2) is 7.66. The SMILES string of the molecule is CN(C)C(=O)CCCOc1ccc(CCN)nc1. The van der Waals surface area contributed by atoms with Crippen LogP contribution in [0.1, 0.15) is 18.5 Å². The van der Waals surface area contributed by atoms with E-state index in [1.54, 1.807) is 25.2 Å². The van der Waals surface area contributed by atoms with Gasteiger partial charge in [-0.05, 0) is 25.1 Å². The molecule has 0 spiro atoms. The number of nitrogens with zero attached hydrogens (tertiary/aromatic N) is 2. The smallest absolute Gasteiger partial charge is 0.222 e. The predicted molar refractivity (Wildman–Crippen MR) is 70.4 cm³/mol. The van der Waals surface area contributed by atoms with E-state index in [9.17, 15) is 4.79 Å². The van der Waals surface area contributed by atoms with Crippen LogP contribution in [0.2, 0.25) is 0 Å². The van der Waals surface area contributed by atoms with Crippen molar-refractivity contribution in [2.24, 2.45) is 5.73 Å². The minimum Gasteiger partial charge on any atom is -0.492 e. The largest absolute Gasteiger partial charge is 0.492 e. The number of hydrogen-bond acceptors (Lipinski definition) is 4. The van der Waals surface area contributed by atoms with Crippen LogP contribution in [0, 0.1) is 0 Å². The van der Waals surface area contributed by atoms with E-state index in [1.165, 1.54) is 0 Å². The highest BCUT2D eigenvalue weighted by atomic mass is 16.5. The number of ether oxygens (including phenoxy) is 1. The molecule has 1 amide bonds. The Bertz CT molecular complexity index is 363. The van der Waals surface area contributed by atoms with E-state index in [-0.39, 0.29) is 5.91 Å². The summed E-state index contributed by atoms with van der Waals surface area (Å²) in [6.45, 7) is 1.12. The second-order valence-electron chi connectivity index (χ2n) is 4.26. The van der Waals surface area contributed by atoms with Gasteiger partial charge in [-0.2, -0.15) is 0 Å². The van der Waals surface area contributed by atoms with E-state index in [0.717, 1.165) is 17.9 Å². The number of pyridine rings is 1. The van der Waals surface area contributed by atoms with Gasteiger partial charge in [0.05, 0.1) is 12.8 Å². The Kier molecular flexibility index (Phi) is 6.14. The Hall–Kier alpha value is -1.62. The molecule has 0 fully saturated rings. The third kappa shape index (κ3) is 5.14. The van der Waals surface area contributed by atoms with Crippen molar-refractivity contribution in [3.63, 3.8) is 0 Å². The average Bonchev–Trinajstić information content (AvgIpc) is 2.36. The van der Waals surface area contributed by atoms with Gasteiger partial charge in [-0.1, -0.05) is 0 Å². The number of amides is 1. The Balaban J connectivity index is 2.25. The van der Waals surface area contributed by atoms with Gasteiger partial charge in [0.25, 0.3) is 0 Å². The first-order valence-electron chi connectivity index (χ1n) is 6.11. The minimum absolute atomic E-state index is 0.120. The van der Waals surface area contributed by atoms with Crippen molar-refractivity contribution in [1.82, 2.24) is 9.88 Å². The molecule has 5 heteroatoms. The molecule has 0 aliphatic rings. The highest BCUT2D eigenvalue weighted by molar-refractivity contribution is 5.75. The van der Waals surface area contributed by atoms with E-state index in [1.807, 2.05) is 12.1 Å². The van der Waals surface area contributed by atoms with Crippen LogP contribution in [-0.2, 0) is 11.2 Å². The Morgan fingerprint density at radius 1 is 1.44 bits per heavy atom. The van der Waals surface area contributed by atoms with Crippen molar-refractivity contribution in [1.29, 1.82) is 0 Å². The summed E-state index contributed by atoms with van der Waals surface area (Å²) in [6.07, 6.45) is 3.68. The summed E-state index contributed by atoms with van der Waals surface area (Å²) in [4.78, 5) is 17.1. The molecule has 0 atom stereocenters. The molecular formula is C13H21N3O2. The molecule has 0 unspecified atom stereocenters. The summed E-state index contributed by atoms with van der Waals surface area (Å²) in [5.41, 5.74) is 6.41. The van der Waals surface area contributed by atoms with Crippen molar-refractivity contribution in [2.75, 3.05) is 27.2 Å². The lowest BCUT2D eigenvalue weighted by Crippen LogP contribution is -2.21. The molecule has 0 aliphatic carbocycles. The quantitative estimate of drug-likeness (QED) is 0.729. The molecule has 18 heavy (non-hydrogen) atoms. The fourth-order valence-corrected chi connectivity index (χ4v) is 1.43. The van der Waals surface area contributed by atoms with Crippen LogP contribution >= 0.6 is 0 Å². The first kappa shape index (κ1) is 14.4. The monoisotopic (exact) mass is 251 g/mol. The van der Waals surface area contributed by atoms with E-state index in [0.29, 0.717) is 26.0 Å². The molecule has 2 N–H and O–H groups in total. The van der Waals surface area contributed by atoms with Crippen LogP contribution < -0.4 is 10.5 Å². The van der Waals surface area contributed by atoms with E-state index in [2.05, 4.69) is 4.98 Å². The van der Waals surface area contributed by atoms with E-state index in [4.69, 9.17) is 10.5 Å². The molecule has 1 aromatic heterocycles. The Morgan fingerprint density at radius 3 is 2.78 bits per heavy atom. The van der Waals surface area contributed by atoms with Gasteiger partial charge in [-0.15, -0.1) is 0 Å². The molecule has 1 heterocycles. The van der Waals surface area contributed by atoms with Gasteiger partial charge in [-0.3, -0.25) is 9.78 Å². The van der Waals surface area contributed by atoms with Crippen molar-refractivity contribution < 1.29 is 9.53 Å². The van der Waals surface area contributed by atoms with Crippen molar-refractivity contribution >= 4 is 5.91 Å². The maximum atomic E-state index is 11.3. The zero-order valence-corrected chi connectivity index (χ0v) is 11.1. The summed E-state index contributed by atoms with van der Waals surface area (Å²) >= 11 is 0. The minimum atomic E-state index is 0.120. The molecule has 100 valence electrons. The standard InChI is InChI=1S/C13H21N3O2/c1-16(2)13(17)4-3-9-18-12-6-5-11(7-8-14)15-10-12/h5-6,10H,3-4,7-9,14H2,1-2H3. The van der Waals surface area contributed by atoms with Crippen LogP contribution in [0.25, 0.3) is 0 Å². The van der Waals surface area contributed by atoms with Crippen molar-refractivity contribution in [3.05, 3.63) is 24.0 Å². The van der Waals surface area contributed by atoms with Crippen LogP contribution in [-0.4, -0.2) is 43.0 Å². The van der Waals surface area contributed by atoms with Gasteiger partial charge in [0.1, 0.15) is 5.75 Å². The summed E-state index contributed by atoms with van der Waals surface area (Å²) in [5.74, 6) is 0.850. The summed E-state index contributed by atoms with van der Waals surface area (Å²) < 4.78 is 5.50. The van der Waals surface area contributed by atoms with Gasteiger partial charge in [0.15, 0.2) is 0 Å². The zero-order valence-electron chi connectivity index (χ0n) is 11.1. The van der Waals surface area contributed by atoms with Gasteiger partial charge in [-0.25, -0.2) is 0 Å². The molecule has 0 aromatic carbocycles. The van der Waals surface area contributed by atoms with E-state index < -0.39 is 0 Å². The van der Waals surface area contributed by atoms with Crippen LogP contribution in [0.15, 0.2) is 18.3 Å². The maximum Gasteiger partial charge on any atom is 0.222 e. The molecular weight excluding hydrogens is 230 g/mol. The molecule has 0 radical (unpaired) electrons. The molecule has 0 saturated carbocycles. The number of carbonyl (C=O) groups is 1. The highest BCUT2D eigenvalue weighted by Crippen LogP contribution is 2.10. The molecule has 0 saturated heterocycles. The Labute approximate surface area is 108 Å². The van der Waals surface area contributed by atoms with Crippen molar-refractivity contribution in [3.8, 4) is 5.75 Å². The first-order chi connectivity index (χ1) is 8.63. The lowest BCUT2D eigenvalue weighted by Gasteiger charge is -2.10. The lowest BCUT2D eigenvalue weighted by atomic mass is 10.2. The fraction of sp³-hybridized carbons (Fsp3) is 0.538. The zero-order chi connectivity index (χ0) is 13.4. The molecule has 1 rings (SSSR count). The number of nitrogens with two attached hydrogens (primary N) is 1. The third-order valence-electron chi connectivity index (χ3n) is 2.50. The second-order valence-corrected chi connectivity index (χ2v) is 4.26.